The number of alkyl carbamates (subject to hydrolysis) is 1. The molecule has 3 aromatic rings. The summed E-state index contributed by atoms with van der Waals surface area (Å²) < 4.78 is 52.1. The third kappa shape index (κ3) is 8.00. The molecule has 2 amide bonds. The molecule has 0 radical (unpaired) electrons. The van der Waals surface area contributed by atoms with Crippen LogP contribution in [0.3, 0.4) is 0 Å². The number of amides is 2. The number of alkyl halides is 3. The second-order valence-corrected chi connectivity index (χ2v) is 10.7. The van der Waals surface area contributed by atoms with E-state index in [2.05, 4.69) is 30.2 Å². The minimum Gasteiger partial charge on any atom is -0.444 e. The van der Waals surface area contributed by atoms with Gasteiger partial charge in [0.25, 0.3) is 0 Å². The first-order valence-corrected chi connectivity index (χ1v) is 12.1. The molecule has 0 aliphatic heterocycles. The van der Waals surface area contributed by atoms with Crippen molar-refractivity contribution in [3.8, 4) is 11.5 Å². The van der Waals surface area contributed by atoms with Crippen LogP contribution < -0.4 is 10.6 Å². The highest BCUT2D eigenvalue weighted by Gasteiger charge is 2.37. The molecule has 37 heavy (non-hydrogen) atoms. The van der Waals surface area contributed by atoms with E-state index in [0.717, 1.165) is 22.3 Å². The molecule has 15 heteroatoms. The second-order valence-electron chi connectivity index (χ2n) is 10.1. The summed E-state index contributed by atoms with van der Waals surface area (Å²) in [6.07, 6.45) is -2.07. The topological polar surface area (TPSA) is 129 Å². The molecule has 0 aromatic carbocycles. The van der Waals surface area contributed by atoms with E-state index in [1.54, 1.807) is 58.7 Å². The number of carbonyl (C=O) groups is 2. The van der Waals surface area contributed by atoms with Gasteiger partial charge in [0.1, 0.15) is 22.8 Å². The van der Waals surface area contributed by atoms with Crippen molar-refractivity contribution in [2.24, 2.45) is 7.05 Å². The molecule has 3 aromatic heterocycles. The zero-order valence-corrected chi connectivity index (χ0v) is 22.1. The van der Waals surface area contributed by atoms with E-state index in [0.29, 0.717) is 5.56 Å². The first-order valence-electron chi connectivity index (χ1n) is 11.2. The van der Waals surface area contributed by atoms with E-state index in [1.165, 1.54) is 5.51 Å². The molecular formula is C22H29F3N8O3S. The van der Waals surface area contributed by atoms with Crippen molar-refractivity contribution in [1.82, 2.24) is 39.6 Å². The zero-order chi connectivity index (χ0) is 27.6. The summed E-state index contributed by atoms with van der Waals surface area (Å²) in [6.45, 7) is 8.22. The highest BCUT2D eigenvalue weighted by Crippen LogP contribution is 2.31. The van der Waals surface area contributed by atoms with Gasteiger partial charge in [0.05, 0.1) is 18.3 Å². The molecule has 1 atom stereocenters. The number of nitrogens with one attached hydrogen (secondary N) is 2. The van der Waals surface area contributed by atoms with Crippen LogP contribution in [0.5, 0.6) is 0 Å². The summed E-state index contributed by atoms with van der Waals surface area (Å²) in [7, 11) is 1.72. The number of carbonyl (C=O) groups excluding carboxylic acids is 2. The largest absolute Gasteiger partial charge is 0.444 e. The summed E-state index contributed by atoms with van der Waals surface area (Å²) in [5, 5.41) is 13.2. The van der Waals surface area contributed by atoms with E-state index in [1.807, 2.05) is 0 Å². The van der Waals surface area contributed by atoms with Crippen molar-refractivity contribution >= 4 is 23.5 Å². The normalized spacial score (nSPS) is 13.3. The molecule has 3 heterocycles. The van der Waals surface area contributed by atoms with Crippen LogP contribution in [0.2, 0.25) is 0 Å². The molecule has 3 rings (SSSR count). The van der Waals surface area contributed by atoms with Gasteiger partial charge in [0.2, 0.25) is 5.91 Å². The lowest BCUT2D eigenvalue weighted by atomic mass is 10.0. The van der Waals surface area contributed by atoms with Gasteiger partial charge >= 0.3 is 12.3 Å². The number of ether oxygens (including phenoxy) is 1. The van der Waals surface area contributed by atoms with E-state index in [4.69, 9.17) is 4.74 Å². The lowest BCUT2D eigenvalue weighted by Crippen LogP contribution is -2.55. The molecule has 11 nitrogen and oxygen atoms in total. The van der Waals surface area contributed by atoms with Crippen molar-refractivity contribution in [1.29, 1.82) is 0 Å². The molecule has 2 N–H and O–H groups in total. The predicted molar refractivity (Wildman–Crippen MR) is 128 cm³/mol. The van der Waals surface area contributed by atoms with Gasteiger partial charge in [-0.3, -0.25) is 14.2 Å². The van der Waals surface area contributed by atoms with Gasteiger partial charge in [-0.15, -0.1) is 0 Å². The highest BCUT2D eigenvalue weighted by atomic mass is 32.1. The highest BCUT2D eigenvalue weighted by molar-refractivity contribution is 7.03. The number of hydrogen-bond acceptors (Lipinski definition) is 8. The van der Waals surface area contributed by atoms with Crippen molar-refractivity contribution in [3.05, 3.63) is 35.2 Å². The van der Waals surface area contributed by atoms with E-state index in [9.17, 15) is 22.8 Å². The summed E-state index contributed by atoms with van der Waals surface area (Å²) >= 11 is 0.992. The molecule has 0 saturated carbocycles. The van der Waals surface area contributed by atoms with Gasteiger partial charge in [0, 0.05) is 19.7 Å². The summed E-state index contributed by atoms with van der Waals surface area (Å²) in [5.41, 5.74) is -0.808. The maximum Gasteiger partial charge on any atom is 0.435 e. The van der Waals surface area contributed by atoms with Gasteiger partial charge in [-0.1, -0.05) is 0 Å². The minimum absolute atomic E-state index is 0.0645. The van der Waals surface area contributed by atoms with Crippen molar-refractivity contribution in [2.75, 3.05) is 0 Å². The molecule has 0 fully saturated rings. The van der Waals surface area contributed by atoms with E-state index >= 15 is 0 Å². The Kier molecular flexibility index (Phi) is 7.95. The van der Waals surface area contributed by atoms with Gasteiger partial charge in [-0.2, -0.15) is 27.7 Å². The Morgan fingerprint density at radius 2 is 1.89 bits per heavy atom. The van der Waals surface area contributed by atoms with Crippen LogP contribution in [0.1, 0.15) is 45.9 Å². The summed E-state index contributed by atoms with van der Waals surface area (Å²) in [4.78, 5) is 29.7. The Hall–Kier alpha value is -3.49. The number of rotatable bonds is 8. The smallest absolute Gasteiger partial charge is 0.435 e. The van der Waals surface area contributed by atoms with Crippen molar-refractivity contribution < 1.29 is 27.5 Å². The average molecular weight is 543 g/mol. The molecule has 0 aliphatic carbocycles. The maximum absolute atomic E-state index is 13.4. The standard InChI is InChI=1S/C22H29F3N8O3S/c1-20(2,3)36-19(35)28-14(7-13-9-27-32(6)10-13)18(34)29-21(4,5)11-33-15(17-26-12-37-31-17)8-16(30-33)22(23,24)25/h8-10,12,14H,7,11H2,1-6H3,(H,28,35)(H,29,34)/t14-/m1/s1. The van der Waals surface area contributed by atoms with Crippen LogP contribution in [-0.4, -0.2) is 58.1 Å². The van der Waals surface area contributed by atoms with Gasteiger partial charge in [-0.25, -0.2) is 9.78 Å². The van der Waals surface area contributed by atoms with Crippen LogP contribution in [0.25, 0.3) is 11.5 Å². The van der Waals surface area contributed by atoms with Crippen LogP contribution in [0.15, 0.2) is 24.0 Å². The van der Waals surface area contributed by atoms with E-state index in [-0.39, 0.29) is 24.5 Å². The number of halogens is 3. The fourth-order valence-corrected chi connectivity index (χ4v) is 3.88. The first-order chi connectivity index (χ1) is 17.0. The summed E-state index contributed by atoms with van der Waals surface area (Å²) in [6, 6.07) is -0.170. The van der Waals surface area contributed by atoms with Crippen molar-refractivity contribution in [3.63, 3.8) is 0 Å². The van der Waals surface area contributed by atoms with Crippen molar-refractivity contribution in [2.45, 2.75) is 70.9 Å². The third-order valence-electron chi connectivity index (χ3n) is 4.87. The fourth-order valence-electron chi connectivity index (χ4n) is 3.45. The molecule has 0 saturated heterocycles. The van der Waals surface area contributed by atoms with Crippen LogP contribution in [-0.2, 0) is 35.7 Å². The Labute approximate surface area is 215 Å². The Balaban J connectivity index is 1.82. The van der Waals surface area contributed by atoms with E-state index < -0.39 is 41.1 Å². The lowest BCUT2D eigenvalue weighted by Gasteiger charge is -2.30. The first kappa shape index (κ1) is 28.1. The quantitative estimate of drug-likeness (QED) is 0.447. The predicted octanol–water partition coefficient (Wildman–Crippen LogP) is 3.18. The van der Waals surface area contributed by atoms with Gasteiger partial charge in [-0.05, 0) is 57.8 Å². The zero-order valence-electron chi connectivity index (χ0n) is 21.3. The minimum atomic E-state index is -4.67. The average Bonchev–Trinajstić information content (AvgIpc) is 3.46. The summed E-state index contributed by atoms with van der Waals surface area (Å²) in [5.74, 6) is -0.465. The fraction of sp³-hybridized carbons (Fsp3) is 0.545. The Morgan fingerprint density at radius 1 is 1.19 bits per heavy atom. The number of nitrogens with zero attached hydrogens (tertiary/aromatic N) is 6. The Morgan fingerprint density at radius 3 is 2.43 bits per heavy atom. The maximum atomic E-state index is 13.4. The van der Waals surface area contributed by atoms with Gasteiger partial charge in [0.15, 0.2) is 11.5 Å². The molecule has 202 valence electrons. The van der Waals surface area contributed by atoms with Gasteiger partial charge < -0.3 is 15.4 Å². The SMILES string of the molecule is Cn1cc(C[C@@H](NC(=O)OC(C)(C)C)C(=O)NC(C)(C)Cn2nc(C(F)(F)F)cc2-c2ncsn2)cn1. The number of hydrogen-bond donors (Lipinski definition) is 2. The molecule has 0 unspecified atom stereocenters. The number of aromatic nitrogens is 6. The lowest BCUT2D eigenvalue weighted by molar-refractivity contribution is -0.141. The monoisotopic (exact) mass is 542 g/mol. The Bertz CT molecular complexity index is 1230. The van der Waals surface area contributed by atoms with Crippen LogP contribution in [0, 0.1) is 0 Å². The number of aryl methyl sites for hydroxylation is 1. The molecule has 0 spiro atoms. The molecular weight excluding hydrogens is 513 g/mol. The van der Waals surface area contributed by atoms with Crippen LogP contribution in [0.4, 0.5) is 18.0 Å². The third-order valence-corrected chi connectivity index (χ3v) is 5.35. The second kappa shape index (κ2) is 10.5. The molecule has 0 bridgehead atoms. The van der Waals surface area contributed by atoms with Crippen LogP contribution >= 0.6 is 11.5 Å². The molecule has 0 aliphatic rings.